The second kappa shape index (κ2) is 8.00. The number of rotatable bonds is 6. The Morgan fingerprint density at radius 1 is 1.10 bits per heavy atom. The Labute approximate surface area is 177 Å². The zero-order chi connectivity index (χ0) is 20.6. The van der Waals surface area contributed by atoms with Gasteiger partial charge in [-0.25, -0.2) is 8.42 Å². The molecule has 5 nitrogen and oxygen atoms in total. The minimum atomic E-state index is -3.92. The summed E-state index contributed by atoms with van der Waals surface area (Å²) in [5, 5.41) is 3.56. The van der Waals surface area contributed by atoms with Crippen molar-refractivity contribution in [3.8, 4) is 0 Å². The maximum atomic E-state index is 13.4. The number of carbonyl (C=O) groups is 1. The van der Waals surface area contributed by atoms with Gasteiger partial charge in [0.15, 0.2) is 0 Å². The van der Waals surface area contributed by atoms with Crippen molar-refractivity contribution in [3.63, 3.8) is 0 Å². The number of aryl methyl sites for hydroxylation is 1. The van der Waals surface area contributed by atoms with E-state index >= 15 is 0 Å². The highest BCUT2D eigenvalue weighted by molar-refractivity contribution is 7.92. The number of amides is 1. The van der Waals surface area contributed by atoms with Crippen LogP contribution >= 0.6 is 11.6 Å². The summed E-state index contributed by atoms with van der Waals surface area (Å²) in [7, 11) is -3.92. The highest BCUT2D eigenvalue weighted by Crippen LogP contribution is 2.44. The number of nitrogens with zero attached hydrogens (tertiary/aromatic N) is 1. The van der Waals surface area contributed by atoms with Crippen molar-refractivity contribution in [2.45, 2.75) is 43.5 Å². The molecule has 0 heterocycles. The first-order valence-electron chi connectivity index (χ1n) is 9.98. The molecule has 2 fully saturated rings. The molecule has 154 valence electrons. The zero-order valence-electron chi connectivity index (χ0n) is 16.3. The number of benzene rings is 2. The van der Waals surface area contributed by atoms with Gasteiger partial charge in [0, 0.05) is 11.1 Å². The van der Waals surface area contributed by atoms with E-state index in [1.54, 1.807) is 24.3 Å². The molecule has 29 heavy (non-hydrogen) atoms. The Morgan fingerprint density at radius 2 is 1.83 bits per heavy atom. The smallest absolute Gasteiger partial charge is 0.264 e. The van der Waals surface area contributed by atoms with E-state index in [1.807, 2.05) is 19.1 Å². The third-order valence-electron chi connectivity index (χ3n) is 6.16. The SMILES string of the molecule is Cc1ccccc1N(CC(=O)N[C@@H]1C[C@@H]2CC[C@H]1C2)S(=O)(=O)c1ccc(Cl)cc1. The summed E-state index contributed by atoms with van der Waals surface area (Å²) >= 11 is 5.92. The molecule has 0 unspecified atom stereocenters. The highest BCUT2D eigenvalue weighted by atomic mass is 35.5. The lowest BCUT2D eigenvalue weighted by Crippen LogP contribution is -2.46. The second-order valence-electron chi connectivity index (χ2n) is 8.10. The molecular weight excluding hydrogens is 408 g/mol. The second-order valence-corrected chi connectivity index (χ2v) is 10.4. The lowest BCUT2D eigenvalue weighted by atomic mass is 9.95. The first-order valence-corrected chi connectivity index (χ1v) is 11.8. The number of nitrogens with one attached hydrogen (secondary N) is 1. The van der Waals surface area contributed by atoms with Gasteiger partial charge in [-0.15, -0.1) is 0 Å². The average molecular weight is 433 g/mol. The van der Waals surface area contributed by atoms with Crippen molar-refractivity contribution < 1.29 is 13.2 Å². The molecule has 1 amide bonds. The molecule has 4 rings (SSSR count). The van der Waals surface area contributed by atoms with Crippen LogP contribution in [0.2, 0.25) is 5.02 Å². The summed E-state index contributed by atoms with van der Waals surface area (Å²) < 4.78 is 28.0. The number of anilines is 1. The van der Waals surface area contributed by atoms with Crippen LogP contribution in [0.1, 0.15) is 31.2 Å². The van der Waals surface area contributed by atoms with Gasteiger partial charge in [0.25, 0.3) is 10.0 Å². The molecule has 2 aromatic rings. The van der Waals surface area contributed by atoms with Crippen molar-refractivity contribution in [1.82, 2.24) is 5.32 Å². The maximum Gasteiger partial charge on any atom is 0.264 e. The Bertz CT molecular complexity index is 1010. The number of hydrogen-bond acceptors (Lipinski definition) is 3. The third kappa shape index (κ3) is 4.14. The van der Waals surface area contributed by atoms with Crippen molar-refractivity contribution in [2.24, 2.45) is 11.8 Å². The number of para-hydroxylation sites is 1. The number of halogens is 1. The molecular formula is C22H25ClN2O3S. The summed E-state index contributed by atoms with van der Waals surface area (Å²) in [5.74, 6) is 0.975. The fraction of sp³-hybridized carbons (Fsp3) is 0.409. The molecule has 2 aliphatic rings. The predicted octanol–water partition coefficient (Wildman–Crippen LogP) is 4.15. The molecule has 0 radical (unpaired) electrons. The zero-order valence-corrected chi connectivity index (χ0v) is 17.9. The minimum absolute atomic E-state index is 0.109. The van der Waals surface area contributed by atoms with E-state index in [-0.39, 0.29) is 23.4 Å². The predicted molar refractivity (Wildman–Crippen MR) is 115 cm³/mol. The molecule has 7 heteroatoms. The van der Waals surface area contributed by atoms with E-state index in [0.717, 1.165) is 18.4 Å². The number of sulfonamides is 1. The Balaban J connectivity index is 1.61. The lowest BCUT2D eigenvalue weighted by molar-refractivity contribution is -0.120. The first-order chi connectivity index (χ1) is 13.8. The Kier molecular flexibility index (Phi) is 5.58. The molecule has 0 aliphatic heterocycles. The van der Waals surface area contributed by atoms with Crippen molar-refractivity contribution in [1.29, 1.82) is 0 Å². The fourth-order valence-corrected chi connectivity index (χ4v) is 6.29. The van der Waals surface area contributed by atoms with E-state index < -0.39 is 10.0 Å². The van der Waals surface area contributed by atoms with Gasteiger partial charge in [-0.1, -0.05) is 36.2 Å². The van der Waals surface area contributed by atoms with E-state index in [2.05, 4.69) is 5.32 Å². The van der Waals surface area contributed by atoms with E-state index in [1.165, 1.54) is 29.3 Å². The van der Waals surface area contributed by atoms with Gasteiger partial charge < -0.3 is 5.32 Å². The molecule has 3 atom stereocenters. The van der Waals surface area contributed by atoms with Crippen LogP contribution in [0.25, 0.3) is 0 Å². The normalized spacial score (nSPS) is 23.2. The quantitative estimate of drug-likeness (QED) is 0.745. The van der Waals surface area contributed by atoms with Crippen LogP contribution in [0.15, 0.2) is 53.4 Å². The Hall–Kier alpha value is -2.05. The minimum Gasteiger partial charge on any atom is -0.352 e. The molecule has 1 N–H and O–H groups in total. The molecule has 2 aliphatic carbocycles. The van der Waals surface area contributed by atoms with Crippen LogP contribution in [0, 0.1) is 18.8 Å². The summed E-state index contributed by atoms with van der Waals surface area (Å²) in [4.78, 5) is 13.0. The van der Waals surface area contributed by atoms with Crippen molar-refractivity contribution in [3.05, 3.63) is 59.1 Å². The first kappa shape index (κ1) is 20.2. The highest BCUT2D eigenvalue weighted by Gasteiger charge is 2.40. The van der Waals surface area contributed by atoms with Crippen molar-refractivity contribution in [2.75, 3.05) is 10.8 Å². The number of hydrogen-bond donors (Lipinski definition) is 1. The molecule has 0 saturated heterocycles. The molecule has 2 saturated carbocycles. The average Bonchev–Trinajstić information content (AvgIpc) is 3.30. The van der Waals surface area contributed by atoms with E-state index in [9.17, 15) is 13.2 Å². The molecule has 0 aromatic heterocycles. The van der Waals surface area contributed by atoms with Crippen LogP contribution in [-0.4, -0.2) is 26.9 Å². The lowest BCUT2D eigenvalue weighted by Gasteiger charge is -2.28. The molecule has 2 aromatic carbocycles. The van der Waals surface area contributed by atoms with Gasteiger partial charge in [-0.05, 0) is 73.9 Å². The van der Waals surface area contributed by atoms with Gasteiger partial charge in [0.1, 0.15) is 6.54 Å². The van der Waals surface area contributed by atoms with Gasteiger partial charge in [0.05, 0.1) is 10.6 Å². The fourth-order valence-electron chi connectivity index (χ4n) is 4.68. The molecule has 2 bridgehead atoms. The summed E-state index contributed by atoms with van der Waals surface area (Å²) in [6.45, 7) is 1.59. The van der Waals surface area contributed by atoms with Gasteiger partial charge >= 0.3 is 0 Å². The third-order valence-corrected chi connectivity index (χ3v) is 8.18. The standard InChI is InChI=1S/C22H25ClN2O3S/c1-15-4-2-3-5-21(15)25(29(27,28)19-10-8-18(23)9-11-19)14-22(26)24-20-13-16-6-7-17(20)12-16/h2-5,8-11,16-17,20H,6-7,12-14H2,1H3,(H,24,26)/t16-,17+,20-/m1/s1. The largest absolute Gasteiger partial charge is 0.352 e. The maximum absolute atomic E-state index is 13.4. The Morgan fingerprint density at radius 3 is 2.45 bits per heavy atom. The van der Waals surface area contributed by atoms with Gasteiger partial charge in [-0.2, -0.15) is 0 Å². The van der Waals surface area contributed by atoms with Crippen LogP contribution in [0.3, 0.4) is 0 Å². The number of carbonyl (C=O) groups excluding carboxylic acids is 1. The van der Waals surface area contributed by atoms with Crippen LogP contribution in [0.5, 0.6) is 0 Å². The summed E-state index contributed by atoms with van der Waals surface area (Å²) in [6, 6.07) is 13.4. The summed E-state index contributed by atoms with van der Waals surface area (Å²) in [5.41, 5.74) is 1.29. The topological polar surface area (TPSA) is 66.5 Å². The van der Waals surface area contributed by atoms with Crippen LogP contribution < -0.4 is 9.62 Å². The summed E-state index contributed by atoms with van der Waals surface area (Å²) in [6.07, 6.45) is 4.58. The van der Waals surface area contributed by atoms with Crippen LogP contribution in [0.4, 0.5) is 5.69 Å². The monoisotopic (exact) mass is 432 g/mol. The van der Waals surface area contributed by atoms with Crippen LogP contribution in [-0.2, 0) is 14.8 Å². The van der Waals surface area contributed by atoms with Gasteiger partial charge in [-0.3, -0.25) is 9.10 Å². The number of fused-ring (bicyclic) bond motifs is 2. The molecule has 0 spiro atoms. The van der Waals surface area contributed by atoms with Crippen molar-refractivity contribution >= 4 is 33.2 Å². The van der Waals surface area contributed by atoms with E-state index in [4.69, 9.17) is 11.6 Å². The van der Waals surface area contributed by atoms with Gasteiger partial charge in [0.2, 0.25) is 5.91 Å². The van der Waals surface area contributed by atoms with E-state index in [0.29, 0.717) is 22.5 Å².